The number of alkyl halides is 3. The molecule has 0 radical (unpaired) electrons. The Balaban J connectivity index is 2.43. The normalized spacial score (nSPS) is 13.5. The van der Waals surface area contributed by atoms with E-state index in [1.807, 2.05) is 20.8 Å². The summed E-state index contributed by atoms with van der Waals surface area (Å²) < 4.78 is 41.8. The summed E-state index contributed by atoms with van der Waals surface area (Å²) >= 11 is 2.53. The molecule has 0 fully saturated rings. The molecule has 0 saturated carbocycles. The van der Waals surface area contributed by atoms with E-state index in [1.54, 1.807) is 24.6 Å². The standard InChI is InChI=1S/C20H28F3N3OS2/c1-6-7-10-28-16-11-14(8-9-15(16)20(21,22)23)12-26-18(24-13(2)3)29-17(25-26)19(4,5)27/h8-9,11,13,27H,6-7,10,12H2,1-5H3. The van der Waals surface area contributed by atoms with Crippen LogP contribution in [0, 0.1) is 0 Å². The van der Waals surface area contributed by atoms with E-state index in [4.69, 9.17) is 0 Å². The number of nitrogens with zero attached hydrogens (tertiary/aromatic N) is 3. The van der Waals surface area contributed by atoms with Crippen molar-refractivity contribution in [1.82, 2.24) is 9.78 Å². The third-order valence-electron chi connectivity index (χ3n) is 3.95. The van der Waals surface area contributed by atoms with Gasteiger partial charge in [-0.2, -0.15) is 18.3 Å². The van der Waals surface area contributed by atoms with Crippen LogP contribution in [0.2, 0.25) is 0 Å². The summed E-state index contributed by atoms with van der Waals surface area (Å²) in [5.74, 6) is 0.643. The van der Waals surface area contributed by atoms with E-state index in [2.05, 4.69) is 10.1 Å². The SMILES string of the molecule is CCCCSc1cc(Cn2nc(C(C)(C)O)sc2=NC(C)C)ccc1C(F)(F)F. The molecule has 0 unspecified atom stereocenters. The van der Waals surface area contributed by atoms with E-state index < -0.39 is 17.3 Å². The van der Waals surface area contributed by atoms with Crippen molar-refractivity contribution < 1.29 is 18.3 Å². The molecule has 162 valence electrons. The van der Waals surface area contributed by atoms with Gasteiger partial charge in [0.2, 0.25) is 4.80 Å². The second-order valence-electron chi connectivity index (χ2n) is 7.66. The van der Waals surface area contributed by atoms with Crippen molar-refractivity contribution in [2.24, 2.45) is 4.99 Å². The van der Waals surface area contributed by atoms with Crippen molar-refractivity contribution in [3.63, 3.8) is 0 Å². The molecule has 1 N–H and O–H groups in total. The lowest BCUT2D eigenvalue weighted by Gasteiger charge is -2.14. The van der Waals surface area contributed by atoms with Gasteiger partial charge in [-0.3, -0.25) is 4.99 Å². The van der Waals surface area contributed by atoms with Crippen LogP contribution >= 0.6 is 23.1 Å². The van der Waals surface area contributed by atoms with Gasteiger partial charge >= 0.3 is 6.18 Å². The van der Waals surface area contributed by atoms with Crippen molar-refractivity contribution in [3.05, 3.63) is 39.1 Å². The Morgan fingerprint density at radius 3 is 2.52 bits per heavy atom. The van der Waals surface area contributed by atoms with Gasteiger partial charge in [0, 0.05) is 10.9 Å². The van der Waals surface area contributed by atoms with Gasteiger partial charge in [0.05, 0.1) is 12.1 Å². The van der Waals surface area contributed by atoms with E-state index >= 15 is 0 Å². The first kappa shape index (κ1) is 24.0. The molecule has 0 bridgehead atoms. The van der Waals surface area contributed by atoms with Gasteiger partial charge in [-0.15, -0.1) is 11.8 Å². The number of benzene rings is 1. The van der Waals surface area contributed by atoms with Crippen LogP contribution < -0.4 is 4.80 Å². The van der Waals surface area contributed by atoms with Gasteiger partial charge in [-0.1, -0.05) is 30.7 Å². The lowest BCUT2D eigenvalue weighted by molar-refractivity contribution is -0.139. The quantitative estimate of drug-likeness (QED) is 0.433. The highest BCUT2D eigenvalue weighted by atomic mass is 32.2. The number of aliphatic hydroxyl groups is 1. The lowest BCUT2D eigenvalue weighted by atomic mass is 10.1. The molecular formula is C20H28F3N3OS2. The lowest BCUT2D eigenvalue weighted by Crippen LogP contribution is -2.20. The van der Waals surface area contributed by atoms with Gasteiger partial charge in [-0.25, -0.2) is 4.68 Å². The topological polar surface area (TPSA) is 50.4 Å². The van der Waals surface area contributed by atoms with Crippen molar-refractivity contribution in [1.29, 1.82) is 0 Å². The maximum absolute atomic E-state index is 13.4. The van der Waals surface area contributed by atoms with Crippen LogP contribution in [0.4, 0.5) is 13.2 Å². The van der Waals surface area contributed by atoms with E-state index in [9.17, 15) is 18.3 Å². The minimum absolute atomic E-state index is 0.0316. The Hall–Kier alpha value is -1.32. The highest BCUT2D eigenvalue weighted by molar-refractivity contribution is 7.99. The monoisotopic (exact) mass is 447 g/mol. The maximum atomic E-state index is 13.4. The zero-order valence-electron chi connectivity index (χ0n) is 17.4. The van der Waals surface area contributed by atoms with Crippen molar-refractivity contribution in [3.8, 4) is 0 Å². The molecule has 29 heavy (non-hydrogen) atoms. The summed E-state index contributed by atoms with van der Waals surface area (Å²) in [4.78, 5) is 5.43. The minimum Gasteiger partial charge on any atom is -0.383 e. The van der Waals surface area contributed by atoms with Crippen molar-refractivity contribution in [2.45, 2.75) is 76.7 Å². The molecule has 4 nitrogen and oxygen atoms in total. The van der Waals surface area contributed by atoms with Gasteiger partial charge in [0.15, 0.2) is 0 Å². The molecule has 0 aliphatic heterocycles. The highest BCUT2D eigenvalue weighted by Gasteiger charge is 2.33. The average Bonchev–Trinajstić information content (AvgIpc) is 2.96. The first-order valence-electron chi connectivity index (χ1n) is 9.59. The van der Waals surface area contributed by atoms with Crippen LogP contribution in [0.5, 0.6) is 0 Å². The summed E-state index contributed by atoms with van der Waals surface area (Å²) in [6.07, 6.45) is -2.59. The Kier molecular flexibility index (Phi) is 7.98. The molecule has 1 aromatic heterocycles. The number of unbranched alkanes of at least 4 members (excludes halogenated alkanes) is 1. The Labute approximate surface area is 177 Å². The van der Waals surface area contributed by atoms with Gasteiger partial charge in [0.1, 0.15) is 10.6 Å². The zero-order chi connectivity index (χ0) is 21.8. The molecule has 2 aromatic rings. The molecule has 0 saturated heterocycles. The zero-order valence-corrected chi connectivity index (χ0v) is 19.0. The number of hydrogen-bond acceptors (Lipinski definition) is 5. The largest absolute Gasteiger partial charge is 0.417 e. The van der Waals surface area contributed by atoms with E-state index in [-0.39, 0.29) is 17.5 Å². The third kappa shape index (κ3) is 6.86. The first-order chi connectivity index (χ1) is 13.4. The Bertz CT molecular complexity index is 880. The smallest absolute Gasteiger partial charge is 0.383 e. The van der Waals surface area contributed by atoms with Gasteiger partial charge in [-0.05, 0) is 57.6 Å². The summed E-state index contributed by atoms with van der Waals surface area (Å²) in [6.45, 7) is 9.48. The Morgan fingerprint density at radius 2 is 1.97 bits per heavy atom. The number of thioether (sulfide) groups is 1. The molecule has 0 amide bonds. The molecular weight excluding hydrogens is 419 g/mol. The van der Waals surface area contributed by atoms with Crippen LogP contribution in [-0.2, 0) is 18.3 Å². The van der Waals surface area contributed by atoms with Gasteiger partial charge < -0.3 is 5.11 Å². The third-order valence-corrected chi connectivity index (χ3v) is 6.37. The van der Waals surface area contributed by atoms with E-state index in [0.29, 0.717) is 15.6 Å². The van der Waals surface area contributed by atoms with Crippen LogP contribution in [0.1, 0.15) is 63.6 Å². The molecule has 0 spiro atoms. The molecule has 2 rings (SSSR count). The van der Waals surface area contributed by atoms with Crippen LogP contribution in [-0.4, -0.2) is 26.7 Å². The number of aromatic nitrogens is 2. The fourth-order valence-corrected chi connectivity index (χ4v) is 4.76. The first-order valence-corrected chi connectivity index (χ1v) is 11.4. The van der Waals surface area contributed by atoms with Crippen LogP contribution in [0.15, 0.2) is 28.1 Å². The molecule has 0 atom stereocenters. The summed E-state index contributed by atoms with van der Waals surface area (Å²) in [7, 11) is 0. The summed E-state index contributed by atoms with van der Waals surface area (Å²) in [6, 6.07) is 4.26. The van der Waals surface area contributed by atoms with Gasteiger partial charge in [0.25, 0.3) is 0 Å². The second kappa shape index (κ2) is 9.66. The molecule has 0 aliphatic rings. The number of rotatable bonds is 8. The predicted octanol–water partition coefficient (Wildman–Crippen LogP) is 5.44. The molecule has 1 aromatic carbocycles. The van der Waals surface area contributed by atoms with Crippen LogP contribution in [0.25, 0.3) is 0 Å². The highest BCUT2D eigenvalue weighted by Crippen LogP contribution is 2.37. The molecule has 1 heterocycles. The maximum Gasteiger partial charge on any atom is 0.417 e. The molecule has 0 aliphatic carbocycles. The summed E-state index contributed by atoms with van der Waals surface area (Å²) in [5.41, 5.74) is -0.997. The fourth-order valence-electron chi connectivity index (χ4n) is 2.49. The summed E-state index contributed by atoms with van der Waals surface area (Å²) in [5, 5.41) is 15.3. The average molecular weight is 448 g/mol. The fraction of sp³-hybridized carbons (Fsp3) is 0.600. The molecule has 9 heteroatoms. The van der Waals surface area contributed by atoms with E-state index in [1.165, 1.54) is 29.2 Å². The number of hydrogen-bond donors (Lipinski definition) is 1. The predicted molar refractivity (Wildman–Crippen MR) is 112 cm³/mol. The van der Waals surface area contributed by atoms with Crippen LogP contribution in [0.3, 0.4) is 0 Å². The van der Waals surface area contributed by atoms with Crippen molar-refractivity contribution >= 4 is 23.1 Å². The Morgan fingerprint density at radius 1 is 1.28 bits per heavy atom. The second-order valence-corrected chi connectivity index (χ2v) is 9.75. The number of halogens is 3. The van der Waals surface area contributed by atoms with E-state index in [0.717, 1.165) is 24.5 Å². The van der Waals surface area contributed by atoms with Crippen molar-refractivity contribution in [2.75, 3.05) is 5.75 Å². The minimum atomic E-state index is -4.38.